The number of hydrogen-bond acceptors (Lipinski definition) is 2. The molecule has 1 atom stereocenters. The minimum Gasteiger partial charge on any atom is -0.335 e. The summed E-state index contributed by atoms with van der Waals surface area (Å²) in [4.78, 5) is 16.9. The maximum Gasteiger partial charge on any atom is 0.316 e. The molecule has 1 fully saturated rings. The summed E-state index contributed by atoms with van der Waals surface area (Å²) in [6.07, 6.45) is 5.24. The minimum atomic E-state index is -3.24. The smallest absolute Gasteiger partial charge is 0.316 e. The summed E-state index contributed by atoms with van der Waals surface area (Å²) in [7, 11) is 0. The first-order valence-electron chi connectivity index (χ1n) is 9.48. The molecule has 1 aromatic heterocycles. The van der Waals surface area contributed by atoms with Crippen molar-refractivity contribution >= 4 is 17.6 Å². The maximum absolute atomic E-state index is 14.2. The van der Waals surface area contributed by atoms with Crippen molar-refractivity contribution in [1.29, 1.82) is 0 Å². The molecule has 1 saturated carbocycles. The summed E-state index contributed by atoms with van der Waals surface area (Å²) >= 11 is 5.92. The Kier molecular flexibility index (Phi) is 6.08. The third kappa shape index (κ3) is 5.01. The number of alkyl halides is 2. The van der Waals surface area contributed by atoms with Gasteiger partial charge in [0.2, 0.25) is 0 Å². The van der Waals surface area contributed by atoms with Crippen LogP contribution in [-0.2, 0) is 11.5 Å². The summed E-state index contributed by atoms with van der Waals surface area (Å²) in [5.74, 6) is -4.06. The summed E-state index contributed by atoms with van der Waals surface area (Å²) in [6, 6.07) is 5.85. The van der Waals surface area contributed by atoms with E-state index in [4.69, 9.17) is 11.6 Å². The van der Waals surface area contributed by atoms with Gasteiger partial charge in [-0.25, -0.2) is 18.0 Å². The van der Waals surface area contributed by atoms with E-state index in [9.17, 15) is 18.0 Å². The van der Waals surface area contributed by atoms with Gasteiger partial charge in [0.25, 0.3) is 5.92 Å². The lowest BCUT2D eigenvalue weighted by atomic mass is 9.86. The molecule has 2 aromatic rings. The molecular weight excluding hydrogens is 403 g/mol. The van der Waals surface area contributed by atoms with Crippen LogP contribution in [0.3, 0.4) is 0 Å². The van der Waals surface area contributed by atoms with Crippen LogP contribution in [0.15, 0.2) is 36.5 Å². The Morgan fingerprint density at radius 3 is 2.38 bits per heavy atom. The van der Waals surface area contributed by atoms with Gasteiger partial charge >= 0.3 is 6.03 Å². The van der Waals surface area contributed by atoms with Crippen molar-refractivity contribution in [1.82, 2.24) is 15.6 Å². The number of nitrogens with zero attached hydrogens (tertiary/aromatic N) is 1. The molecule has 0 bridgehead atoms. The fraction of sp³-hybridized carbons (Fsp3) is 0.429. The van der Waals surface area contributed by atoms with Gasteiger partial charge in [0, 0.05) is 24.7 Å². The lowest BCUT2D eigenvalue weighted by Crippen LogP contribution is -2.51. The molecule has 0 saturated heterocycles. The highest BCUT2D eigenvalue weighted by atomic mass is 35.5. The quantitative estimate of drug-likeness (QED) is 0.665. The first kappa shape index (κ1) is 21.4. The van der Waals surface area contributed by atoms with E-state index in [1.165, 1.54) is 12.3 Å². The average Bonchev–Trinajstić information content (AvgIpc) is 3.13. The molecular formula is C21H23ClF3N3O. The predicted molar refractivity (Wildman–Crippen MR) is 106 cm³/mol. The highest BCUT2D eigenvalue weighted by Gasteiger charge is 2.36. The van der Waals surface area contributed by atoms with Crippen molar-refractivity contribution in [2.24, 2.45) is 0 Å². The molecule has 0 spiro atoms. The first-order chi connectivity index (χ1) is 13.6. The largest absolute Gasteiger partial charge is 0.335 e. The molecule has 29 heavy (non-hydrogen) atoms. The molecule has 1 aliphatic carbocycles. The van der Waals surface area contributed by atoms with Gasteiger partial charge in [-0.3, -0.25) is 4.98 Å². The summed E-state index contributed by atoms with van der Waals surface area (Å²) < 4.78 is 42.0. The molecule has 0 aliphatic heterocycles. The van der Waals surface area contributed by atoms with Gasteiger partial charge in [0.05, 0.1) is 10.7 Å². The van der Waals surface area contributed by atoms with Gasteiger partial charge in [-0.05, 0) is 55.7 Å². The maximum atomic E-state index is 14.2. The van der Waals surface area contributed by atoms with Crippen LogP contribution in [0.4, 0.5) is 18.0 Å². The third-order valence-corrected chi connectivity index (χ3v) is 5.50. The van der Waals surface area contributed by atoms with Gasteiger partial charge in [-0.15, -0.1) is 0 Å². The number of aromatic nitrogens is 1. The third-order valence-electron chi connectivity index (χ3n) is 5.28. The van der Waals surface area contributed by atoms with Crippen molar-refractivity contribution < 1.29 is 18.0 Å². The lowest BCUT2D eigenvalue weighted by molar-refractivity contribution is 0.0170. The van der Waals surface area contributed by atoms with Crippen LogP contribution < -0.4 is 10.6 Å². The van der Waals surface area contributed by atoms with Crippen molar-refractivity contribution in [3.05, 3.63) is 64.2 Å². The van der Waals surface area contributed by atoms with Gasteiger partial charge in [0.15, 0.2) is 0 Å². The molecule has 3 rings (SSSR count). The second-order valence-corrected chi connectivity index (χ2v) is 8.12. The van der Waals surface area contributed by atoms with E-state index < -0.39 is 28.9 Å². The molecule has 1 unspecified atom stereocenters. The molecule has 0 radical (unpaired) electrons. The number of pyridine rings is 1. The topological polar surface area (TPSA) is 54.0 Å². The molecule has 2 amide bonds. The van der Waals surface area contributed by atoms with Crippen LogP contribution in [-0.4, -0.2) is 17.1 Å². The normalized spacial score (nSPS) is 17.0. The average molecular weight is 426 g/mol. The predicted octanol–water partition coefficient (Wildman–Crippen LogP) is 5.49. The standard InChI is InChI=1S/C21H23ClF3N3O/c1-20(18-8-7-15(22)12-26-18,28-19(29)27-17-5-3-4-6-17)13-9-14(21(2,24)25)11-16(23)10-13/h7-12,17H,3-6H2,1-2H3,(H2,27,28,29). The van der Waals surface area contributed by atoms with Crippen LogP contribution in [0, 0.1) is 5.82 Å². The molecule has 1 aliphatic rings. The first-order valence-corrected chi connectivity index (χ1v) is 9.86. The number of hydrogen-bond donors (Lipinski definition) is 2. The number of urea groups is 1. The monoisotopic (exact) mass is 425 g/mol. The summed E-state index contributed by atoms with van der Waals surface area (Å²) in [6.45, 7) is 2.30. The van der Waals surface area contributed by atoms with Gasteiger partial charge in [0.1, 0.15) is 11.4 Å². The number of carbonyl (C=O) groups is 1. The Morgan fingerprint density at radius 2 is 1.79 bits per heavy atom. The van der Waals surface area contributed by atoms with Crippen LogP contribution in [0.2, 0.25) is 5.02 Å². The Labute approximate surface area is 172 Å². The number of benzene rings is 1. The van der Waals surface area contributed by atoms with Crippen LogP contribution >= 0.6 is 11.6 Å². The second-order valence-electron chi connectivity index (χ2n) is 7.68. The highest BCUT2D eigenvalue weighted by molar-refractivity contribution is 6.30. The van der Waals surface area contributed by atoms with Gasteiger partial charge in [-0.2, -0.15) is 0 Å². The van der Waals surface area contributed by atoms with Crippen LogP contribution in [0.25, 0.3) is 0 Å². The Bertz CT molecular complexity index is 880. The Morgan fingerprint density at radius 1 is 1.14 bits per heavy atom. The summed E-state index contributed by atoms with van der Waals surface area (Å²) in [5, 5.41) is 6.09. The number of rotatable bonds is 5. The number of halogens is 4. The zero-order valence-corrected chi connectivity index (χ0v) is 17.0. The van der Waals surface area contributed by atoms with Crippen molar-refractivity contribution in [2.75, 3.05) is 0 Å². The molecule has 2 N–H and O–H groups in total. The SMILES string of the molecule is CC(F)(F)c1cc(F)cc(C(C)(NC(=O)NC2CCCC2)c2ccc(Cl)cn2)c1. The zero-order chi connectivity index (χ0) is 21.2. The Balaban J connectivity index is 2.02. The van der Waals surface area contributed by atoms with Crippen molar-refractivity contribution in [3.63, 3.8) is 0 Å². The minimum absolute atomic E-state index is 0.0560. The van der Waals surface area contributed by atoms with Crippen LogP contribution in [0.1, 0.15) is 56.4 Å². The van der Waals surface area contributed by atoms with E-state index in [0.717, 1.165) is 37.8 Å². The summed E-state index contributed by atoms with van der Waals surface area (Å²) in [5.41, 5.74) is -1.33. The van der Waals surface area contributed by atoms with Gasteiger partial charge < -0.3 is 10.6 Å². The van der Waals surface area contributed by atoms with E-state index in [0.29, 0.717) is 17.6 Å². The van der Waals surface area contributed by atoms with E-state index in [1.807, 2.05) is 0 Å². The number of amides is 2. The molecule has 8 heteroatoms. The zero-order valence-electron chi connectivity index (χ0n) is 16.2. The van der Waals surface area contributed by atoms with Crippen molar-refractivity contribution in [2.45, 2.75) is 57.0 Å². The molecule has 1 heterocycles. The van der Waals surface area contributed by atoms with E-state index in [2.05, 4.69) is 15.6 Å². The fourth-order valence-corrected chi connectivity index (χ4v) is 3.72. The molecule has 4 nitrogen and oxygen atoms in total. The number of nitrogens with one attached hydrogen (secondary N) is 2. The van der Waals surface area contributed by atoms with Crippen molar-refractivity contribution in [3.8, 4) is 0 Å². The molecule has 156 valence electrons. The fourth-order valence-electron chi connectivity index (χ4n) is 3.61. The van der Waals surface area contributed by atoms with E-state index in [-0.39, 0.29) is 11.6 Å². The lowest BCUT2D eigenvalue weighted by Gasteiger charge is -2.32. The molecule has 1 aromatic carbocycles. The second kappa shape index (κ2) is 8.22. The van der Waals surface area contributed by atoms with Crippen LogP contribution in [0.5, 0.6) is 0 Å². The number of carbonyl (C=O) groups excluding carboxylic acids is 1. The highest BCUT2D eigenvalue weighted by Crippen LogP contribution is 2.34. The van der Waals surface area contributed by atoms with Gasteiger partial charge in [-0.1, -0.05) is 24.4 Å². The van der Waals surface area contributed by atoms with E-state index >= 15 is 0 Å². The van der Waals surface area contributed by atoms with E-state index in [1.54, 1.807) is 19.1 Å². The Hall–Kier alpha value is -2.28.